The van der Waals surface area contributed by atoms with Gasteiger partial charge in [0.2, 0.25) is 0 Å². The van der Waals surface area contributed by atoms with Crippen molar-refractivity contribution >= 4 is 34.9 Å². The van der Waals surface area contributed by atoms with Gasteiger partial charge in [-0.2, -0.15) is 0 Å². The fourth-order valence-electron chi connectivity index (χ4n) is 5.66. The molecule has 2 unspecified atom stereocenters. The highest BCUT2D eigenvalue weighted by molar-refractivity contribution is 6.39. The normalized spacial score (nSPS) is 22.7. The lowest BCUT2D eigenvalue weighted by Crippen LogP contribution is -2.50. The number of nitrogens with zero attached hydrogens (tertiary/aromatic N) is 2. The van der Waals surface area contributed by atoms with Crippen LogP contribution in [-0.2, 0) is 11.3 Å². The third kappa shape index (κ3) is 4.76. The second-order valence-electron chi connectivity index (χ2n) is 10.1. The Balaban J connectivity index is 1.15. The molecule has 38 heavy (non-hydrogen) atoms. The monoisotopic (exact) mass is 565 g/mol. The molecule has 6 nitrogen and oxygen atoms in total. The van der Waals surface area contributed by atoms with E-state index >= 15 is 0 Å². The van der Waals surface area contributed by atoms with Crippen LogP contribution < -0.4 is 5.32 Å². The number of aromatic nitrogens is 1. The molecule has 3 aromatic rings. The van der Waals surface area contributed by atoms with Gasteiger partial charge >= 0.3 is 6.03 Å². The number of carbonyl (C=O) groups excluding carboxylic acids is 1. The number of benzene rings is 2. The lowest BCUT2D eigenvalue weighted by atomic mass is 9.99. The Morgan fingerprint density at radius 3 is 2.29 bits per heavy atom. The van der Waals surface area contributed by atoms with Gasteiger partial charge in [0, 0.05) is 46.9 Å². The van der Waals surface area contributed by atoms with Crippen LogP contribution in [0.5, 0.6) is 0 Å². The summed E-state index contributed by atoms with van der Waals surface area (Å²) < 4.78 is 52.6. The summed E-state index contributed by atoms with van der Waals surface area (Å²) in [6, 6.07) is 6.19. The Bertz CT molecular complexity index is 1340. The molecule has 0 spiro atoms. The van der Waals surface area contributed by atoms with Crippen LogP contribution in [0.1, 0.15) is 55.8 Å². The minimum Gasteiger partial charge on any atom is -0.373 e. The molecular formula is C27H24Cl2F3N3O3. The van der Waals surface area contributed by atoms with E-state index in [1.54, 1.807) is 23.1 Å². The summed E-state index contributed by atoms with van der Waals surface area (Å²) in [4.78, 5) is 14.7. The van der Waals surface area contributed by atoms with Gasteiger partial charge in [0.15, 0.2) is 17.5 Å². The number of fused-ring (bicyclic) bond motifs is 2. The van der Waals surface area contributed by atoms with Crippen LogP contribution in [0.2, 0.25) is 10.0 Å². The number of ether oxygens (including phenoxy) is 1. The Morgan fingerprint density at radius 2 is 1.68 bits per heavy atom. The number of halogens is 5. The van der Waals surface area contributed by atoms with Gasteiger partial charge in [-0.15, -0.1) is 0 Å². The van der Waals surface area contributed by atoms with Gasteiger partial charge in [0.25, 0.3) is 0 Å². The van der Waals surface area contributed by atoms with Crippen molar-refractivity contribution < 1.29 is 27.2 Å². The molecule has 6 rings (SSSR count). The summed E-state index contributed by atoms with van der Waals surface area (Å²) >= 11 is 12.9. The van der Waals surface area contributed by atoms with Crippen molar-refractivity contribution in [3.63, 3.8) is 0 Å². The van der Waals surface area contributed by atoms with Crippen molar-refractivity contribution in [1.29, 1.82) is 0 Å². The number of piperidine rings is 1. The molecule has 2 saturated heterocycles. The second kappa shape index (κ2) is 10.1. The molecule has 1 N–H and O–H groups in total. The standard InChI is InChI=1S/C27H24Cl2F3N3O3/c28-19-2-1-3-20(29)23(19)25-18(26(38-34-25)13-4-5-13)12-37-17-10-15-6-7-16(11-17)35(15)27(36)33-14-8-21(30)24(32)22(31)9-14/h1-3,8-9,13,15-17H,4-7,10-12H2,(H,33,36)/t15-,16?,17?/m0/s1. The SMILES string of the molecule is O=C(Nc1cc(F)c(F)c(F)c1)N1C2CC[C@H]1CC(OCc1c(-c3c(Cl)cccc3Cl)noc1C1CC1)C2. The van der Waals surface area contributed by atoms with E-state index in [4.69, 9.17) is 32.5 Å². The number of anilines is 1. The molecule has 2 aromatic carbocycles. The highest BCUT2D eigenvalue weighted by atomic mass is 35.5. The number of carbonyl (C=O) groups is 1. The molecule has 1 saturated carbocycles. The van der Waals surface area contributed by atoms with Gasteiger partial charge in [-0.1, -0.05) is 34.4 Å². The van der Waals surface area contributed by atoms with Crippen LogP contribution in [0.15, 0.2) is 34.9 Å². The average Bonchev–Trinajstić information content (AvgIpc) is 3.58. The maximum absolute atomic E-state index is 13.6. The highest BCUT2D eigenvalue weighted by Gasteiger charge is 2.44. The van der Waals surface area contributed by atoms with Crippen LogP contribution in [0.25, 0.3) is 11.3 Å². The van der Waals surface area contributed by atoms with Crippen LogP contribution in [0.4, 0.5) is 23.7 Å². The summed E-state index contributed by atoms with van der Waals surface area (Å²) in [5, 5.41) is 7.77. The molecule has 3 aliphatic rings. The Kier molecular flexibility index (Phi) is 6.78. The lowest BCUT2D eigenvalue weighted by Gasteiger charge is -2.38. The molecule has 2 bridgehead atoms. The highest BCUT2D eigenvalue weighted by Crippen LogP contribution is 2.46. The van der Waals surface area contributed by atoms with Crippen LogP contribution in [0.3, 0.4) is 0 Å². The number of urea groups is 1. The molecule has 200 valence electrons. The first-order valence-corrected chi connectivity index (χ1v) is 13.3. The van der Waals surface area contributed by atoms with Crippen molar-refractivity contribution in [3.05, 3.63) is 69.2 Å². The van der Waals surface area contributed by atoms with Gasteiger partial charge in [0.1, 0.15) is 11.5 Å². The number of hydrogen-bond donors (Lipinski definition) is 1. The van der Waals surface area contributed by atoms with Gasteiger partial charge in [0.05, 0.1) is 22.8 Å². The van der Waals surface area contributed by atoms with E-state index < -0.39 is 23.5 Å². The van der Waals surface area contributed by atoms with Gasteiger partial charge in [-0.3, -0.25) is 0 Å². The molecule has 3 heterocycles. The second-order valence-corrected chi connectivity index (χ2v) is 10.9. The first-order valence-electron chi connectivity index (χ1n) is 12.6. The number of rotatable bonds is 6. The van der Waals surface area contributed by atoms with Crippen molar-refractivity contribution in [1.82, 2.24) is 10.1 Å². The number of nitrogens with one attached hydrogen (secondary N) is 1. The fraction of sp³-hybridized carbons (Fsp3) is 0.407. The third-order valence-electron chi connectivity index (χ3n) is 7.59. The maximum Gasteiger partial charge on any atom is 0.322 e. The quantitative estimate of drug-likeness (QED) is 0.311. The summed E-state index contributed by atoms with van der Waals surface area (Å²) in [6.07, 6.45) is 4.77. The molecule has 1 aliphatic carbocycles. The third-order valence-corrected chi connectivity index (χ3v) is 8.22. The van der Waals surface area contributed by atoms with E-state index in [0.29, 0.717) is 40.1 Å². The van der Waals surface area contributed by atoms with Crippen molar-refractivity contribution in [2.45, 2.75) is 69.2 Å². The summed E-state index contributed by atoms with van der Waals surface area (Å²) in [6.45, 7) is 0.274. The van der Waals surface area contributed by atoms with E-state index in [2.05, 4.69) is 10.5 Å². The molecule has 2 aliphatic heterocycles. The molecule has 11 heteroatoms. The van der Waals surface area contributed by atoms with Gasteiger partial charge in [-0.05, 0) is 50.7 Å². The van der Waals surface area contributed by atoms with Crippen molar-refractivity contribution in [2.24, 2.45) is 0 Å². The van der Waals surface area contributed by atoms with E-state index in [1.807, 2.05) is 0 Å². The summed E-state index contributed by atoms with van der Waals surface area (Å²) in [5.41, 5.74) is 1.91. The summed E-state index contributed by atoms with van der Waals surface area (Å²) in [5.74, 6) is -3.17. The molecule has 3 fully saturated rings. The predicted octanol–water partition coefficient (Wildman–Crippen LogP) is 7.69. The van der Waals surface area contributed by atoms with E-state index in [9.17, 15) is 18.0 Å². The smallest absolute Gasteiger partial charge is 0.322 e. The van der Waals surface area contributed by atoms with Crippen molar-refractivity contribution in [3.8, 4) is 11.3 Å². The minimum atomic E-state index is -1.57. The Labute approximate surface area is 227 Å². The van der Waals surface area contributed by atoms with Crippen LogP contribution in [-0.4, -0.2) is 34.3 Å². The zero-order valence-corrected chi connectivity index (χ0v) is 21.7. The molecule has 2 amide bonds. The van der Waals surface area contributed by atoms with Crippen LogP contribution >= 0.6 is 23.2 Å². The Hall–Kier alpha value is -2.75. The van der Waals surface area contributed by atoms with Crippen LogP contribution in [0, 0.1) is 17.5 Å². The Morgan fingerprint density at radius 1 is 1.05 bits per heavy atom. The molecular weight excluding hydrogens is 542 g/mol. The van der Waals surface area contributed by atoms with Crippen molar-refractivity contribution in [2.75, 3.05) is 5.32 Å². The van der Waals surface area contributed by atoms with E-state index in [0.717, 1.165) is 49.1 Å². The predicted molar refractivity (Wildman–Crippen MR) is 136 cm³/mol. The average molecular weight is 566 g/mol. The number of amides is 2. The number of hydrogen-bond acceptors (Lipinski definition) is 4. The summed E-state index contributed by atoms with van der Waals surface area (Å²) in [7, 11) is 0. The van der Waals surface area contributed by atoms with E-state index in [1.165, 1.54) is 0 Å². The first-order chi connectivity index (χ1) is 18.3. The van der Waals surface area contributed by atoms with Gasteiger partial charge in [-0.25, -0.2) is 18.0 Å². The largest absolute Gasteiger partial charge is 0.373 e. The van der Waals surface area contributed by atoms with Gasteiger partial charge < -0.3 is 19.5 Å². The lowest BCUT2D eigenvalue weighted by molar-refractivity contribution is -0.0158. The minimum absolute atomic E-state index is 0.0863. The first kappa shape index (κ1) is 25.5. The maximum atomic E-state index is 13.6. The van der Waals surface area contributed by atoms with E-state index in [-0.39, 0.29) is 30.5 Å². The zero-order chi connectivity index (χ0) is 26.6. The fourth-order valence-corrected chi connectivity index (χ4v) is 6.24. The molecule has 0 radical (unpaired) electrons. The topological polar surface area (TPSA) is 67.6 Å². The molecule has 3 atom stereocenters. The molecule has 1 aromatic heterocycles. The zero-order valence-electron chi connectivity index (χ0n) is 20.2.